The predicted molar refractivity (Wildman–Crippen MR) is 134 cm³/mol. The summed E-state index contributed by atoms with van der Waals surface area (Å²) in [5.41, 5.74) is 14.9. The zero-order valence-corrected chi connectivity index (χ0v) is 19.8. The molecule has 0 saturated heterocycles. The average Bonchev–Trinajstić information content (AvgIpc) is 3.16. The van der Waals surface area contributed by atoms with Crippen LogP contribution < -0.4 is 21.7 Å². The molecule has 4 rings (SSSR count). The van der Waals surface area contributed by atoms with Crippen molar-refractivity contribution in [3.8, 4) is 0 Å². The number of anilines is 2. The molecule has 0 saturated carbocycles. The fraction of sp³-hybridized carbons (Fsp3) is 0.160. The van der Waals surface area contributed by atoms with Gasteiger partial charge >= 0.3 is 0 Å². The number of nitrogens with zero attached hydrogens (tertiary/aromatic N) is 1. The van der Waals surface area contributed by atoms with Gasteiger partial charge in [0.15, 0.2) is 9.84 Å². The lowest BCUT2D eigenvalue weighted by Crippen LogP contribution is -2.41. The molecule has 35 heavy (non-hydrogen) atoms. The topological polar surface area (TPSA) is 159 Å². The maximum atomic E-state index is 13.4. The maximum absolute atomic E-state index is 13.4. The second-order valence-corrected chi connectivity index (χ2v) is 10.5. The summed E-state index contributed by atoms with van der Waals surface area (Å²) in [6.07, 6.45) is 1.53. The lowest BCUT2D eigenvalue weighted by Gasteiger charge is -2.27. The highest BCUT2D eigenvalue weighted by atomic mass is 32.2. The van der Waals surface area contributed by atoms with Crippen LogP contribution in [-0.4, -0.2) is 38.4 Å². The molecular formula is C25H25N5O4S. The van der Waals surface area contributed by atoms with E-state index in [0.717, 1.165) is 23.1 Å². The molecule has 180 valence electrons. The number of sulfone groups is 1. The SMILES string of the molecule is CS(=O)(=O)c1cccc(NC(=O)C2Cc3ccc(C(=N)N)cc3N2Cc2ccc(C(N)=O)cc2)c1. The number of amides is 2. The number of hydrogen-bond acceptors (Lipinski definition) is 6. The van der Waals surface area contributed by atoms with E-state index in [1.807, 2.05) is 11.0 Å². The molecule has 3 aromatic rings. The third kappa shape index (κ3) is 5.17. The highest BCUT2D eigenvalue weighted by Crippen LogP contribution is 2.35. The highest BCUT2D eigenvalue weighted by molar-refractivity contribution is 7.90. The number of carbonyl (C=O) groups excluding carboxylic acids is 2. The van der Waals surface area contributed by atoms with E-state index in [0.29, 0.717) is 29.8 Å². The summed E-state index contributed by atoms with van der Waals surface area (Å²) in [6.45, 7) is 0.356. The van der Waals surface area contributed by atoms with Crippen LogP contribution in [0.5, 0.6) is 0 Å². The van der Waals surface area contributed by atoms with Crippen LogP contribution in [0.4, 0.5) is 11.4 Å². The second kappa shape index (κ2) is 9.22. The first-order valence-corrected chi connectivity index (χ1v) is 12.7. The van der Waals surface area contributed by atoms with E-state index >= 15 is 0 Å². The molecule has 0 aliphatic carbocycles. The number of fused-ring (bicyclic) bond motifs is 1. The minimum Gasteiger partial charge on any atom is -0.384 e. The number of rotatable bonds is 7. The molecule has 0 fully saturated rings. The third-order valence-corrected chi connectivity index (χ3v) is 7.03. The molecular weight excluding hydrogens is 466 g/mol. The van der Waals surface area contributed by atoms with Crippen LogP contribution in [0.25, 0.3) is 0 Å². The van der Waals surface area contributed by atoms with E-state index in [-0.39, 0.29) is 16.6 Å². The Kier molecular flexibility index (Phi) is 6.31. The van der Waals surface area contributed by atoms with E-state index in [9.17, 15) is 18.0 Å². The molecule has 9 nitrogen and oxygen atoms in total. The molecule has 1 aliphatic rings. The van der Waals surface area contributed by atoms with Crippen LogP contribution in [0.2, 0.25) is 0 Å². The number of amidine groups is 1. The predicted octanol–water partition coefficient (Wildman–Crippen LogP) is 2.04. The van der Waals surface area contributed by atoms with Crippen LogP contribution in [-0.2, 0) is 27.6 Å². The van der Waals surface area contributed by atoms with Crippen LogP contribution in [0.1, 0.15) is 27.0 Å². The summed E-state index contributed by atoms with van der Waals surface area (Å²) in [6, 6.07) is 17.7. The molecule has 0 aromatic heterocycles. The van der Waals surface area contributed by atoms with Gasteiger partial charge in [-0.1, -0.05) is 30.3 Å². The van der Waals surface area contributed by atoms with Crippen molar-refractivity contribution in [3.63, 3.8) is 0 Å². The molecule has 1 atom stereocenters. The molecule has 0 radical (unpaired) electrons. The first-order valence-electron chi connectivity index (χ1n) is 10.8. The van der Waals surface area contributed by atoms with E-state index < -0.39 is 21.8 Å². The largest absolute Gasteiger partial charge is 0.384 e. The highest BCUT2D eigenvalue weighted by Gasteiger charge is 2.35. The summed E-state index contributed by atoms with van der Waals surface area (Å²) in [7, 11) is -3.42. The summed E-state index contributed by atoms with van der Waals surface area (Å²) < 4.78 is 23.8. The molecule has 1 unspecified atom stereocenters. The Morgan fingerprint density at radius 1 is 1.03 bits per heavy atom. The van der Waals surface area contributed by atoms with Crippen molar-refractivity contribution in [3.05, 3.63) is 89.0 Å². The van der Waals surface area contributed by atoms with Gasteiger partial charge < -0.3 is 21.7 Å². The second-order valence-electron chi connectivity index (χ2n) is 8.46. The van der Waals surface area contributed by atoms with Gasteiger partial charge in [-0.2, -0.15) is 0 Å². The number of nitrogens with one attached hydrogen (secondary N) is 2. The maximum Gasteiger partial charge on any atom is 0.248 e. The molecule has 1 heterocycles. The van der Waals surface area contributed by atoms with Crippen molar-refractivity contribution >= 4 is 38.9 Å². The van der Waals surface area contributed by atoms with Gasteiger partial charge in [0.05, 0.1) is 4.90 Å². The zero-order valence-electron chi connectivity index (χ0n) is 19.0. The number of nitrogens with two attached hydrogens (primary N) is 2. The van der Waals surface area contributed by atoms with Crippen molar-refractivity contribution in [2.75, 3.05) is 16.5 Å². The average molecular weight is 492 g/mol. The monoisotopic (exact) mass is 491 g/mol. The summed E-state index contributed by atoms with van der Waals surface area (Å²) >= 11 is 0. The normalized spacial score (nSPS) is 14.9. The lowest BCUT2D eigenvalue weighted by atomic mass is 10.1. The smallest absolute Gasteiger partial charge is 0.248 e. The molecule has 1 aliphatic heterocycles. The summed E-state index contributed by atoms with van der Waals surface area (Å²) in [4.78, 5) is 26.8. The Bertz CT molecular complexity index is 1430. The zero-order chi connectivity index (χ0) is 25.3. The van der Waals surface area contributed by atoms with Gasteiger partial charge in [-0.15, -0.1) is 0 Å². The van der Waals surface area contributed by atoms with Crippen molar-refractivity contribution in [2.45, 2.75) is 23.9 Å². The van der Waals surface area contributed by atoms with Gasteiger partial charge in [-0.25, -0.2) is 8.42 Å². The third-order valence-electron chi connectivity index (χ3n) is 5.92. The number of benzene rings is 3. The minimum absolute atomic E-state index is 0.0796. The van der Waals surface area contributed by atoms with Crippen LogP contribution in [0.3, 0.4) is 0 Å². The Morgan fingerprint density at radius 3 is 2.34 bits per heavy atom. The first kappa shape index (κ1) is 24.0. The van der Waals surface area contributed by atoms with Gasteiger partial charge in [-0.3, -0.25) is 15.0 Å². The minimum atomic E-state index is -3.42. The van der Waals surface area contributed by atoms with Gasteiger partial charge in [0.1, 0.15) is 11.9 Å². The summed E-state index contributed by atoms with van der Waals surface area (Å²) in [5.74, 6) is -0.906. The molecule has 3 aromatic carbocycles. The molecule has 2 amide bonds. The molecule has 6 N–H and O–H groups in total. The molecule has 0 spiro atoms. The lowest BCUT2D eigenvalue weighted by molar-refractivity contribution is -0.117. The van der Waals surface area contributed by atoms with E-state index in [1.54, 1.807) is 48.5 Å². The first-order chi connectivity index (χ1) is 16.5. The van der Waals surface area contributed by atoms with Crippen LogP contribution in [0, 0.1) is 5.41 Å². The van der Waals surface area contributed by atoms with E-state index in [2.05, 4.69) is 5.32 Å². The Morgan fingerprint density at radius 2 is 1.71 bits per heavy atom. The Labute approximate surface area is 203 Å². The van der Waals surface area contributed by atoms with Gasteiger partial charge in [0.25, 0.3) is 0 Å². The Balaban J connectivity index is 1.66. The van der Waals surface area contributed by atoms with Crippen molar-refractivity contribution in [1.29, 1.82) is 5.41 Å². The van der Waals surface area contributed by atoms with E-state index in [1.165, 1.54) is 12.1 Å². The van der Waals surface area contributed by atoms with Crippen LogP contribution in [0.15, 0.2) is 71.6 Å². The van der Waals surface area contributed by atoms with Gasteiger partial charge in [-0.05, 0) is 47.5 Å². The van der Waals surface area contributed by atoms with Gasteiger partial charge in [0.2, 0.25) is 11.8 Å². The van der Waals surface area contributed by atoms with Crippen LogP contribution >= 0.6 is 0 Å². The van der Waals surface area contributed by atoms with Crippen molar-refractivity contribution in [1.82, 2.24) is 0 Å². The number of primary amides is 1. The fourth-order valence-electron chi connectivity index (χ4n) is 4.09. The number of hydrogen-bond donors (Lipinski definition) is 4. The standard InChI is InChI=1S/C25H25N5O4S/c1-35(33,34)20-4-2-3-19(13-20)29-25(32)22-11-17-9-10-18(23(26)27)12-21(17)30(22)14-15-5-7-16(8-6-15)24(28)31/h2-10,12-13,22H,11,14H2,1H3,(H3,26,27)(H2,28,31)(H,29,32). The molecule has 10 heteroatoms. The fourth-order valence-corrected chi connectivity index (χ4v) is 4.76. The van der Waals surface area contributed by atoms with Gasteiger partial charge in [0, 0.05) is 41.7 Å². The Hall–Kier alpha value is -4.18. The number of nitrogen functional groups attached to an aromatic ring is 1. The quantitative estimate of drug-likeness (QED) is 0.292. The van der Waals surface area contributed by atoms with Crippen molar-refractivity contribution in [2.24, 2.45) is 11.5 Å². The number of carbonyl (C=O) groups is 2. The molecule has 0 bridgehead atoms. The van der Waals surface area contributed by atoms with E-state index in [4.69, 9.17) is 16.9 Å². The van der Waals surface area contributed by atoms with Crippen molar-refractivity contribution < 1.29 is 18.0 Å². The summed E-state index contributed by atoms with van der Waals surface area (Å²) in [5, 5.41) is 10.6.